The molecule has 0 radical (unpaired) electrons. The Kier molecular flexibility index (Phi) is 9.25. The van der Waals surface area contributed by atoms with Gasteiger partial charge in [-0.3, -0.25) is 0 Å². The number of piperidine rings is 1. The lowest BCUT2D eigenvalue weighted by molar-refractivity contribution is 0.00102. The van der Waals surface area contributed by atoms with Gasteiger partial charge in [-0.25, -0.2) is 4.79 Å². The number of rotatable bonds is 7. The third-order valence-corrected chi connectivity index (χ3v) is 7.72. The molecule has 4 rings (SSSR count). The molecule has 5 nitrogen and oxygen atoms in total. The molecule has 0 aromatic heterocycles. The number of amides is 2. The van der Waals surface area contributed by atoms with Crippen LogP contribution in [0.3, 0.4) is 0 Å². The van der Waals surface area contributed by atoms with E-state index in [2.05, 4.69) is 77.2 Å². The molecule has 1 aliphatic heterocycles. The number of aromatic hydroxyl groups is 1. The number of likely N-dealkylation sites (tertiary alicyclic amines) is 1. The Morgan fingerprint density at radius 2 is 1.52 bits per heavy atom. The van der Waals surface area contributed by atoms with E-state index in [1.807, 2.05) is 41.3 Å². The number of para-hydroxylation sites is 1. The SMILES string of the molecule is CC(C)(C)c1cc(CCc2ccccc2NC(=O)N2CCCC(OCc3ccccc3)C2)cc(C(C)(C)C)c1O. The number of nitrogens with zero attached hydrogens (tertiary/aromatic N) is 1. The summed E-state index contributed by atoms with van der Waals surface area (Å²) < 4.78 is 6.15. The highest BCUT2D eigenvalue weighted by Gasteiger charge is 2.27. The summed E-state index contributed by atoms with van der Waals surface area (Å²) in [5.74, 6) is 0.406. The zero-order valence-corrected chi connectivity index (χ0v) is 25.1. The fraction of sp³-hybridized carbons (Fsp3) is 0.457. The number of urea groups is 1. The number of ether oxygens (including phenoxy) is 1. The van der Waals surface area contributed by atoms with Crippen LogP contribution in [0.2, 0.25) is 0 Å². The second kappa shape index (κ2) is 12.5. The van der Waals surface area contributed by atoms with Gasteiger partial charge >= 0.3 is 6.03 Å². The molecule has 214 valence electrons. The van der Waals surface area contributed by atoms with E-state index in [0.29, 0.717) is 18.9 Å². The number of hydrogen-bond donors (Lipinski definition) is 2. The molecule has 1 heterocycles. The second-order valence-corrected chi connectivity index (χ2v) is 13.1. The summed E-state index contributed by atoms with van der Waals surface area (Å²) >= 11 is 0. The Bertz CT molecular complexity index is 1250. The summed E-state index contributed by atoms with van der Waals surface area (Å²) in [6.07, 6.45) is 3.54. The van der Waals surface area contributed by atoms with E-state index in [0.717, 1.165) is 60.2 Å². The summed E-state index contributed by atoms with van der Waals surface area (Å²) in [6, 6.07) is 22.5. The third-order valence-electron chi connectivity index (χ3n) is 7.72. The number of aryl methyl sites for hydroxylation is 2. The smallest absolute Gasteiger partial charge is 0.321 e. The Morgan fingerprint density at radius 3 is 2.17 bits per heavy atom. The molecular formula is C35H46N2O3. The molecule has 3 aromatic carbocycles. The number of phenols is 1. The van der Waals surface area contributed by atoms with Crippen LogP contribution in [0.5, 0.6) is 5.75 Å². The molecule has 0 spiro atoms. The summed E-state index contributed by atoms with van der Waals surface area (Å²) in [6.45, 7) is 14.7. The number of anilines is 1. The van der Waals surface area contributed by atoms with Gasteiger partial charge in [-0.15, -0.1) is 0 Å². The molecule has 2 amide bonds. The van der Waals surface area contributed by atoms with Crippen molar-refractivity contribution in [1.82, 2.24) is 4.90 Å². The van der Waals surface area contributed by atoms with Crippen molar-refractivity contribution in [3.05, 3.63) is 94.5 Å². The van der Waals surface area contributed by atoms with Gasteiger partial charge in [-0.05, 0) is 70.4 Å². The van der Waals surface area contributed by atoms with Crippen molar-refractivity contribution in [1.29, 1.82) is 0 Å². The van der Waals surface area contributed by atoms with Crippen molar-refractivity contribution in [2.45, 2.75) is 90.8 Å². The van der Waals surface area contributed by atoms with E-state index < -0.39 is 0 Å². The molecule has 2 N–H and O–H groups in total. The molecular weight excluding hydrogens is 496 g/mol. The molecule has 40 heavy (non-hydrogen) atoms. The maximum absolute atomic E-state index is 13.3. The van der Waals surface area contributed by atoms with Gasteiger partial charge in [0.1, 0.15) is 5.75 Å². The van der Waals surface area contributed by atoms with E-state index >= 15 is 0 Å². The van der Waals surface area contributed by atoms with Crippen LogP contribution in [0.25, 0.3) is 0 Å². The minimum atomic E-state index is -0.164. The molecule has 5 heteroatoms. The molecule has 1 fully saturated rings. The molecule has 1 atom stereocenters. The summed E-state index contributed by atoms with van der Waals surface area (Å²) in [5, 5.41) is 14.3. The molecule has 0 bridgehead atoms. The Hall–Kier alpha value is -3.31. The van der Waals surface area contributed by atoms with Crippen molar-refractivity contribution in [3.8, 4) is 5.75 Å². The first kappa shape index (κ1) is 29.7. The predicted molar refractivity (Wildman–Crippen MR) is 164 cm³/mol. The fourth-order valence-electron chi connectivity index (χ4n) is 5.36. The van der Waals surface area contributed by atoms with Gasteiger partial charge in [-0.2, -0.15) is 0 Å². The van der Waals surface area contributed by atoms with E-state index in [-0.39, 0.29) is 23.0 Å². The highest BCUT2D eigenvalue weighted by atomic mass is 16.5. The molecule has 0 saturated carbocycles. The van der Waals surface area contributed by atoms with Gasteiger partial charge in [0.15, 0.2) is 0 Å². The lowest BCUT2D eigenvalue weighted by atomic mass is 9.78. The largest absolute Gasteiger partial charge is 0.507 e. The zero-order chi connectivity index (χ0) is 28.9. The summed E-state index contributed by atoms with van der Waals surface area (Å²) in [4.78, 5) is 15.2. The first-order valence-electron chi connectivity index (χ1n) is 14.6. The van der Waals surface area contributed by atoms with Gasteiger partial charge < -0.3 is 20.1 Å². The van der Waals surface area contributed by atoms with Crippen LogP contribution in [-0.2, 0) is 35.0 Å². The summed E-state index contributed by atoms with van der Waals surface area (Å²) in [5.41, 5.74) is 5.93. The van der Waals surface area contributed by atoms with Gasteiger partial charge in [0.2, 0.25) is 0 Å². The van der Waals surface area contributed by atoms with Crippen LogP contribution >= 0.6 is 0 Å². The van der Waals surface area contributed by atoms with Crippen molar-refractivity contribution in [2.24, 2.45) is 0 Å². The topological polar surface area (TPSA) is 61.8 Å². The normalized spacial score (nSPS) is 16.1. The van der Waals surface area contributed by atoms with E-state index in [4.69, 9.17) is 4.74 Å². The molecule has 3 aromatic rings. The summed E-state index contributed by atoms with van der Waals surface area (Å²) in [7, 11) is 0. The molecule has 1 unspecified atom stereocenters. The lowest BCUT2D eigenvalue weighted by Gasteiger charge is -2.33. The standard InChI is InChI=1S/C35H46N2O3/c1-34(2,3)29-21-26(22-30(32(29)38)35(4,5)6)18-19-27-15-10-11-17-31(27)36-33(39)37-20-12-16-28(23-37)40-24-25-13-8-7-9-14-25/h7-11,13-15,17,21-22,28,38H,12,16,18-20,23-24H2,1-6H3,(H,36,39). The zero-order valence-electron chi connectivity index (χ0n) is 25.1. The number of hydrogen-bond acceptors (Lipinski definition) is 3. The van der Waals surface area contributed by atoms with Crippen LogP contribution in [0.1, 0.15) is 82.2 Å². The number of benzene rings is 3. The van der Waals surface area contributed by atoms with Gasteiger partial charge in [0, 0.05) is 18.8 Å². The number of carbonyl (C=O) groups excluding carboxylic acids is 1. The number of nitrogens with one attached hydrogen (secondary N) is 1. The minimum Gasteiger partial charge on any atom is -0.507 e. The fourth-order valence-corrected chi connectivity index (χ4v) is 5.36. The predicted octanol–water partition coefficient (Wildman–Crippen LogP) is 7.99. The second-order valence-electron chi connectivity index (χ2n) is 13.1. The highest BCUT2D eigenvalue weighted by molar-refractivity contribution is 5.90. The average Bonchev–Trinajstić information content (AvgIpc) is 2.91. The Labute approximate surface area is 240 Å². The van der Waals surface area contributed by atoms with Crippen molar-refractivity contribution in [2.75, 3.05) is 18.4 Å². The third kappa shape index (κ3) is 7.66. The Morgan fingerprint density at radius 1 is 0.900 bits per heavy atom. The van der Waals surface area contributed by atoms with Crippen LogP contribution in [0.4, 0.5) is 10.5 Å². The van der Waals surface area contributed by atoms with Gasteiger partial charge in [0.05, 0.1) is 12.7 Å². The lowest BCUT2D eigenvalue weighted by Crippen LogP contribution is -2.45. The van der Waals surface area contributed by atoms with Crippen molar-refractivity contribution in [3.63, 3.8) is 0 Å². The van der Waals surface area contributed by atoms with Crippen LogP contribution in [0, 0.1) is 0 Å². The van der Waals surface area contributed by atoms with E-state index in [9.17, 15) is 9.90 Å². The van der Waals surface area contributed by atoms with Crippen molar-refractivity contribution < 1.29 is 14.6 Å². The van der Waals surface area contributed by atoms with Crippen LogP contribution in [0.15, 0.2) is 66.7 Å². The number of carbonyl (C=O) groups is 1. The minimum absolute atomic E-state index is 0.0403. The number of phenolic OH excluding ortho intramolecular Hbond substituents is 1. The quantitative estimate of drug-likeness (QED) is 0.318. The van der Waals surface area contributed by atoms with Crippen LogP contribution < -0.4 is 5.32 Å². The van der Waals surface area contributed by atoms with Gasteiger partial charge in [-0.1, -0.05) is 102 Å². The molecule has 0 aliphatic carbocycles. The maximum atomic E-state index is 13.3. The first-order chi connectivity index (χ1) is 18.9. The Balaban J connectivity index is 1.43. The van der Waals surface area contributed by atoms with Crippen molar-refractivity contribution >= 4 is 11.7 Å². The van der Waals surface area contributed by atoms with E-state index in [1.54, 1.807) is 0 Å². The molecule has 1 aliphatic rings. The maximum Gasteiger partial charge on any atom is 0.321 e. The van der Waals surface area contributed by atoms with Crippen LogP contribution in [-0.4, -0.2) is 35.2 Å². The average molecular weight is 543 g/mol. The van der Waals surface area contributed by atoms with Gasteiger partial charge in [0.25, 0.3) is 0 Å². The van der Waals surface area contributed by atoms with E-state index in [1.165, 1.54) is 5.56 Å². The molecule has 1 saturated heterocycles. The highest BCUT2D eigenvalue weighted by Crippen LogP contribution is 2.40. The first-order valence-corrected chi connectivity index (χ1v) is 14.6. The monoisotopic (exact) mass is 542 g/mol.